The number of rotatable bonds is 9. The number of pyridine rings is 1. The molecule has 12 heteroatoms. The van der Waals surface area contributed by atoms with Crippen LogP contribution in [0.15, 0.2) is 18.3 Å². The van der Waals surface area contributed by atoms with E-state index in [-0.39, 0.29) is 22.9 Å². The van der Waals surface area contributed by atoms with E-state index in [2.05, 4.69) is 31.2 Å². The Labute approximate surface area is 216 Å². The van der Waals surface area contributed by atoms with E-state index in [1.807, 2.05) is 17.0 Å². The highest BCUT2D eigenvalue weighted by Crippen LogP contribution is 2.28. The summed E-state index contributed by atoms with van der Waals surface area (Å²) in [5.74, 6) is 1.81. The Morgan fingerprint density at radius 1 is 1.11 bits per heavy atom. The number of nitriles is 1. The molecule has 194 valence electrons. The lowest BCUT2D eigenvalue weighted by atomic mass is 9.93. The maximum absolute atomic E-state index is 12.3. The molecule has 4 heterocycles. The Hall–Kier alpha value is -4.27. The average Bonchev–Trinajstić information content (AvgIpc) is 2.89. The second kappa shape index (κ2) is 11.6. The number of hydrogen-bond donors (Lipinski definition) is 5. The second-order valence-electron chi connectivity index (χ2n) is 9.62. The highest BCUT2D eigenvalue weighted by molar-refractivity contribution is 6.04. The van der Waals surface area contributed by atoms with Gasteiger partial charge >= 0.3 is 0 Å². The summed E-state index contributed by atoms with van der Waals surface area (Å²) in [6.45, 7) is 3.09. The van der Waals surface area contributed by atoms with Crippen LogP contribution in [0.4, 0.5) is 23.3 Å². The third-order valence-corrected chi connectivity index (χ3v) is 7.04. The fourth-order valence-corrected chi connectivity index (χ4v) is 4.97. The molecule has 37 heavy (non-hydrogen) atoms. The summed E-state index contributed by atoms with van der Waals surface area (Å²) in [5, 5.41) is 27.4. The summed E-state index contributed by atoms with van der Waals surface area (Å²) in [5.41, 5.74) is 12.0. The van der Waals surface area contributed by atoms with Crippen LogP contribution in [0, 0.1) is 34.0 Å². The number of nitrogens with one attached hydrogen (secondary N) is 3. The van der Waals surface area contributed by atoms with Crippen LogP contribution in [0.1, 0.15) is 54.6 Å². The van der Waals surface area contributed by atoms with Crippen LogP contribution in [0.25, 0.3) is 0 Å². The van der Waals surface area contributed by atoms with Gasteiger partial charge in [0.1, 0.15) is 22.9 Å². The van der Waals surface area contributed by atoms with Gasteiger partial charge in [0.2, 0.25) is 5.95 Å². The van der Waals surface area contributed by atoms with Crippen molar-refractivity contribution in [3.8, 4) is 6.07 Å². The number of hydrogen-bond acceptors (Lipinski definition) is 10. The highest BCUT2D eigenvalue weighted by atomic mass is 16.1. The summed E-state index contributed by atoms with van der Waals surface area (Å²) in [6, 6.07) is 6.02. The van der Waals surface area contributed by atoms with Crippen molar-refractivity contribution < 1.29 is 4.79 Å². The number of amidine groups is 1. The Balaban J connectivity index is 1.50. The minimum absolute atomic E-state index is 0.0507. The first-order valence-electron chi connectivity index (χ1n) is 12.5. The van der Waals surface area contributed by atoms with Gasteiger partial charge in [0.15, 0.2) is 0 Å². The standard InChI is InChI=1S/C25H33N11O/c26-8-3-16-4-11-36(12-5-16)25-33-19(14-27)22(23(30)37)24(34-25)32-18-1-2-21(31-15-18)35-9-6-17(7-10-35)13-20(28)29/h1-2,14-17,27H,3-7,9-13H2,(H3,28,29)(H2,30,37)(H,32,33,34). The fraction of sp³-hybridized carbons (Fsp3) is 0.480. The van der Waals surface area contributed by atoms with Crippen LogP contribution in [0.3, 0.4) is 0 Å². The van der Waals surface area contributed by atoms with Gasteiger partial charge in [0.25, 0.3) is 5.91 Å². The summed E-state index contributed by atoms with van der Waals surface area (Å²) in [7, 11) is 0. The molecule has 0 aromatic carbocycles. The first-order chi connectivity index (χ1) is 17.9. The number of carbonyl (C=O) groups is 1. The van der Waals surface area contributed by atoms with E-state index in [1.165, 1.54) is 0 Å². The fourth-order valence-electron chi connectivity index (χ4n) is 4.97. The zero-order valence-corrected chi connectivity index (χ0v) is 20.8. The molecule has 0 unspecified atom stereocenters. The van der Waals surface area contributed by atoms with Crippen LogP contribution in [-0.2, 0) is 0 Å². The Bertz CT molecular complexity index is 1170. The molecule has 2 aromatic heterocycles. The predicted molar refractivity (Wildman–Crippen MR) is 143 cm³/mol. The van der Waals surface area contributed by atoms with Crippen LogP contribution >= 0.6 is 0 Å². The topological polar surface area (TPSA) is 198 Å². The molecule has 0 radical (unpaired) electrons. The zero-order valence-electron chi connectivity index (χ0n) is 20.8. The Morgan fingerprint density at radius 3 is 2.35 bits per heavy atom. The van der Waals surface area contributed by atoms with E-state index in [0.717, 1.165) is 50.8 Å². The number of primary amides is 1. The molecular formula is C25H33N11O. The van der Waals surface area contributed by atoms with E-state index < -0.39 is 5.91 Å². The lowest BCUT2D eigenvalue weighted by molar-refractivity contribution is 0.100. The molecule has 2 aliphatic rings. The first-order valence-corrected chi connectivity index (χ1v) is 12.5. The molecule has 2 aliphatic heterocycles. The quantitative estimate of drug-likeness (QED) is 0.252. The van der Waals surface area contributed by atoms with Gasteiger partial charge in [0.05, 0.1) is 23.8 Å². The molecule has 2 fully saturated rings. The average molecular weight is 504 g/mol. The van der Waals surface area contributed by atoms with Crippen molar-refractivity contribution in [3.63, 3.8) is 0 Å². The lowest BCUT2D eigenvalue weighted by Crippen LogP contribution is -2.35. The maximum Gasteiger partial charge on any atom is 0.254 e. The largest absolute Gasteiger partial charge is 0.388 e. The van der Waals surface area contributed by atoms with E-state index in [9.17, 15) is 4.79 Å². The van der Waals surface area contributed by atoms with Crippen molar-refractivity contribution >= 4 is 41.2 Å². The van der Waals surface area contributed by atoms with Gasteiger partial charge in [-0.1, -0.05) is 0 Å². The maximum atomic E-state index is 12.3. The smallest absolute Gasteiger partial charge is 0.254 e. The van der Waals surface area contributed by atoms with Crippen LogP contribution in [0.2, 0.25) is 0 Å². The molecule has 0 atom stereocenters. The third-order valence-electron chi connectivity index (χ3n) is 7.04. The number of anilines is 4. The first kappa shape index (κ1) is 25.8. The van der Waals surface area contributed by atoms with E-state index in [1.54, 1.807) is 6.20 Å². The molecule has 2 saturated heterocycles. The van der Waals surface area contributed by atoms with Gasteiger partial charge in [-0.15, -0.1) is 0 Å². The van der Waals surface area contributed by atoms with Crippen molar-refractivity contribution in [1.82, 2.24) is 15.0 Å². The minimum atomic E-state index is -0.724. The van der Waals surface area contributed by atoms with E-state index in [4.69, 9.17) is 27.5 Å². The van der Waals surface area contributed by atoms with Crippen molar-refractivity contribution in [1.29, 1.82) is 16.1 Å². The number of piperidine rings is 2. The van der Waals surface area contributed by atoms with Crippen LogP contribution in [-0.4, -0.2) is 59.1 Å². The molecule has 4 rings (SSSR count). The van der Waals surface area contributed by atoms with E-state index >= 15 is 0 Å². The second-order valence-corrected chi connectivity index (χ2v) is 9.62. The van der Waals surface area contributed by atoms with Crippen molar-refractivity contribution in [2.75, 3.05) is 41.3 Å². The number of nitrogens with two attached hydrogens (primary N) is 2. The SMILES string of the molecule is N#CCC1CCN(c2nc(C=N)c(C(N)=O)c(Nc3ccc(N4CCC(CC(=N)N)CC4)nc3)n2)CC1. The molecule has 12 nitrogen and oxygen atoms in total. The van der Waals surface area contributed by atoms with Crippen molar-refractivity contribution in [2.45, 2.75) is 38.5 Å². The molecule has 2 aromatic rings. The van der Waals surface area contributed by atoms with Gasteiger partial charge in [-0.05, 0) is 49.7 Å². The molecule has 0 aliphatic carbocycles. The van der Waals surface area contributed by atoms with Crippen LogP contribution in [0.5, 0.6) is 0 Å². The van der Waals surface area contributed by atoms with Gasteiger partial charge < -0.3 is 32.0 Å². The number of aromatic nitrogens is 3. The monoisotopic (exact) mass is 503 g/mol. The molecule has 0 spiro atoms. The van der Waals surface area contributed by atoms with Crippen LogP contribution < -0.4 is 26.6 Å². The molecular weight excluding hydrogens is 470 g/mol. The van der Waals surface area contributed by atoms with Crippen molar-refractivity contribution in [2.24, 2.45) is 23.3 Å². The molecule has 1 amide bonds. The minimum Gasteiger partial charge on any atom is -0.388 e. The lowest BCUT2D eigenvalue weighted by Gasteiger charge is -2.32. The Morgan fingerprint density at radius 2 is 1.78 bits per heavy atom. The third kappa shape index (κ3) is 6.30. The normalized spacial score (nSPS) is 16.7. The number of nitrogens with zero attached hydrogens (tertiary/aromatic N) is 6. The van der Waals surface area contributed by atoms with Gasteiger partial charge in [-0.25, -0.2) is 9.97 Å². The molecule has 0 saturated carbocycles. The van der Waals surface area contributed by atoms with Gasteiger partial charge in [-0.3, -0.25) is 10.2 Å². The van der Waals surface area contributed by atoms with Crippen molar-refractivity contribution in [3.05, 3.63) is 29.6 Å². The summed E-state index contributed by atoms with van der Waals surface area (Å²) in [4.78, 5) is 30.1. The predicted octanol–water partition coefficient (Wildman–Crippen LogP) is 2.38. The molecule has 0 bridgehead atoms. The Kier molecular flexibility index (Phi) is 8.12. The van der Waals surface area contributed by atoms with E-state index in [0.29, 0.717) is 49.4 Å². The molecule has 7 N–H and O–H groups in total. The number of amides is 1. The van der Waals surface area contributed by atoms with Gasteiger partial charge in [0, 0.05) is 45.2 Å². The summed E-state index contributed by atoms with van der Waals surface area (Å²) in [6.07, 6.45) is 7.51. The summed E-state index contributed by atoms with van der Waals surface area (Å²) >= 11 is 0. The highest BCUT2D eigenvalue weighted by Gasteiger charge is 2.25. The number of carbonyl (C=O) groups excluding carboxylic acids is 1. The van der Waals surface area contributed by atoms with Gasteiger partial charge in [-0.2, -0.15) is 10.2 Å². The summed E-state index contributed by atoms with van der Waals surface area (Å²) < 4.78 is 0. The zero-order chi connectivity index (χ0) is 26.4.